The molecule has 260 valence electrons. The van der Waals surface area contributed by atoms with Gasteiger partial charge in [-0.2, -0.15) is 8.61 Å². The highest BCUT2D eigenvalue weighted by atomic mass is 35.5. The third kappa shape index (κ3) is 7.23. The average Bonchev–Trinajstić information content (AvgIpc) is 3.08. The number of carbonyl (C=O) groups is 4. The molecule has 49 heavy (non-hydrogen) atoms. The number of amides is 2. The van der Waals surface area contributed by atoms with Gasteiger partial charge in [0.1, 0.15) is 24.2 Å². The number of carboxylic acids is 2. The molecule has 3 aliphatic rings. The molecule has 0 saturated carbocycles. The zero-order valence-corrected chi connectivity index (χ0v) is 28.8. The van der Waals surface area contributed by atoms with Gasteiger partial charge in [0.15, 0.2) is 0 Å². The van der Waals surface area contributed by atoms with E-state index in [4.69, 9.17) is 23.2 Å². The molecule has 4 unspecified atom stereocenters. The van der Waals surface area contributed by atoms with Gasteiger partial charge in [0.2, 0.25) is 20.0 Å². The Labute approximate surface area is 292 Å². The van der Waals surface area contributed by atoms with E-state index in [1.54, 1.807) is 30.3 Å². The predicted octanol–water partition coefficient (Wildman–Crippen LogP) is 4.25. The van der Waals surface area contributed by atoms with Crippen LogP contribution in [0.4, 0.5) is 5.69 Å². The highest BCUT2D eigenvalue weighted by Gasteiger charge is 2.54. The average molecular weight is 753 g/mol. The molecule has 3 saturated heterocycles. The van der Waals surface area contributed by atoms with Crippen LogP contribution in [0.25, 0.3) is 0 Å². The highest BCUT2D eigenvalue weighted by Crippen LogP contribution is 2.37. The number of sulfonamides is 2. The maximum atomic E-state index is 13.2. The molecule has 3 fully saturated rings. The number of carboxylic acid groups (broad SMARTS) is 2. The smallest absolute Gasteiger partial charge is 0.322 e. The lowest BCUT2D eigenvalue weighted by Gasteiger charge is -2.46. The number of piperidine rings is 2. The van der Waals surface area contributed by atoms with Crippen molar-refractivity contribution in [3.63, 3.8) is 0 Å². The van der Waals surface area contributed by atoms with Crippen molar-refractivity contribution in [2.24, 2.45) is 0 Å². The van der Waals surface area contributed by atoms with E-state index in [0.717, 1.165) is 9.21 Å². The van der Waals surface area contributed by atoms with Gasteiger partial charge in [0, 0.05) is 10.0 Å². The van der Waals surface area contributed by atoms with Crippen molar-refractivity contribution in [1.29, 1.82) is 0 Å². The lowest BCUT2D eigenvalue weighted by molar-refractivity contribution is -0.149. The third-order valence-corrected chi connectivity index (χ3v) is 12.9. The Morgan fingerprint density at radius 3 is 1.39 bits per heavy atom. The molecule has 3 aromatic rings. The quantitative estimate of drug-likeness (QED) is 0.331. The van der Waals surface area contributed by atoms with Crippen LogP contribution in [-0.4, -0.2) is 83.6 Å². The van der Waals surface area contributed by atoms with Crippen LogP contribution in [0.2, 0.25) is 10.0 Å². The maximum absolute atomic E-state index is 13.2. The fraction of sp³-hybridized carbons (Fsp3) is 0.312. The van der Waals surface area contributed by atoms with Crippen LogP contribution in [0.15, 0.2) is 88.7 Å². The van der Waals surface area contributed by atoms with Crippen molar-refractivity contribution in [3.8, 4) is 0 Å². The van der Waals surface area contributed by atoms with Crippen molar-refractivity contribution >= 4 is 72.7 Å². The number of hydrogen-bond donors (Lipinski definition) is 2. The summed E-state index contributed by atoms with van der Waals surface area (Å²) in [6.07, 6.45) is 1.89. The summed E-state index contributed by atoms with van der Waals surface area (Å²) < 4.78 is 53.5. The van der Waals surface area contributed by atoms with E-state index in [-0.39, 0.29) is 22.6 Å². The Hall–Kier alpha value is -3.86. The summed E-state index contributed by atoms with van der Waals surface area (Å²) in [7, 11) is -8.26. The number of halogens is 2. The Balaban J connectivity index is 0.000000196. The molecule has 17 heteroatoms. The summed E-state index contributed by atoms with van der Waals surface area (Å²) in [5, 5.41) is 19.2. The minimum Gasteiger partial charge on any atom is -0.480 e. The number of aliphatic carboxylic acids is 2. The fourth-order valence-electron chi connectivity index (χ4n) is 6.25. The van der Waals surface area contributed by atoms with Crippen LogP contribution in [0.1, 0.15) is 38.5 Å². The standard InChI is InChI=1S/C19H17ClN2O4S.C13H14ClNO6S/c20-13-9-11-15(12-10-13)27(25,26)22-16-7-4-8-17(22)19(24)21(18(16)23)14-5-2-1-3-6-14;14-8-4-6-9(7-5-8)22(20,21)15-10(12(16)17)2-1-3-11(15)13(18)19/h1-3,5-6,9-12,16-17H,4,7-8H2;4-7,10-11H,1-3H2,(H,16,17)(H,18,19). The minimum atomic E-state index is -4.25. The van der Waals surface area contributed by atoms with Gasteiger partial charge in [-0.25, -0.2) is 21.7 Å². The normalized spacial score (nSPS) is 23.3. The van der Waals surface area contributed by atoms with Crippen molar-refractivity contribution in [3.05, 3.63) is 88.9 Å². The molecule has 0 spiro atoms. The number of para-hydroxylation sites is 1. The van der Waals surface area contributed by atoms with E-state index in [2.05, 4.69) is 0 Å². The molecule has 2 N–H and O–H groups in total. The number of anilines is 1. The lowest BCUT2D eigenvalue weighted by Crippen LogP contribution is -2.68. The molecule has 3 heterocycles. The number of hydrogen-bond acceptors (Lipinski definition) is 8. The summed E-state index contributed by atoms with van der Waals surface area (Å²) in [6, 6.07) is 15.0. The van der Waals surface area contributed by atoms with Gasteiger partial charge in [-0.1, -0.05) is 41.4 Å². The Kier molecular flexibility index (Phi) is 10.8. The van der Waals surface area contributed by atoms with Crippen molar-refractivity contribution in [2.45, 2.75) is 72.5 Å². The SMILES string of the molecule is O=C(O)C1CCCC(C(=O)O)N1S(=O)(=O)c1ccc(Cl)cc1.O=C1C2CCCC(C(=O)N1c1ccccc1)N2S(=O)(=O)c1ccc(Cl)cc1. The van der Waals surface area contributed by atoms with E-state index in [0.29, 0.717) is 45.7 Å². The van der Waals surface area contributed by atoms with E-state index >= 15 is 0 Å². The zero-order valence-electron chi connectivity index (χ0n) is 25.6. The summed E-state index contributed by atoms with van der Waals surface area (Å²) >= 11 is 11.6. The molecule has 2 amide bonds. The predicted molar refractivity (Wildman–Crippen MR) is 178 cm³/mol. The highest BCUT2D eigenvalue weighted by molar-refractivity contribution is 7.89. The molecule has 13 nitrogen and oxygen atoms in total. The van der Waals surface area contributed by atoms with Crippen LogP contribution >= 0.6 is 23.2 Å². The van der Waals surface area contributed by atoms with Crippen LogP contribution in [-0.2, 0) is 39.2 Å². The van der Waals surface area contributed by atoms with Crippen LogP contribution in [0, 0.1) is 0 Å². The number of fused-ring (bicyclic) bond motifs is 2. The molecular formula is C32H31Cl2N3O10S2. The molecule has 4 atom stereocenters. The number of carbonyl (C=O) groups excluding carboxylic acids is 2. The van der Waals surface area contributed by atoms with Crippen molar-refractivity contribution < 1.29 is 46.2 Å². The van der Waals surface area contributed by atoms with Crippen LogP contribution in [0.3, 0.4) is 0 Å². The molecule has 0 aliphatic carbocycles. The van der Waals surface area contributed by atoms with E-state index in [1.165, 1.54) is 48.5 Å². The summed E-state index contributed by atoms with van der Waals surface area (Å²) in [4.78, 5) is 49.8. The maximum Gasteiger partial charge on any atom is 0.322 e. The molecule has 3 aromatic carbocycles. The molecule has 2 bridgehead atoms. The topological polar surface area (TPSA) is 187 Å². The second kappa shape index (κ2) is 14.5. The Morgan fingerprint density at radius 1 is 0.592 bits per heavy atom. The van der Waals surface area contributed by atoms with E-state index in [1.807, 2.05) is 0 Å². The first kappa shape index (κ1) is 36.4. The van der Waals surface area contributed by atoms with Gasteiger partial charge >= 0.3 is 11.9 Å². The molecule has 0 radical (unpaired) electrons. The van der Waals surface area contributed by atoms with Crippen molar-refractivity contribution in [2.75, 3.05) is 4.90 Å². The van der Waals surface area contributed by atoms with Crippen LogP contribution < -0.4 is 4.90 Å². The summed E-state index contributed by atoms with van der Waals surface area (Å²) in [6.45, 7) is 0. The number of rotatable bonds is 7. The van der Waals surface area contributed by atoms with Gasteiger partial charge < -0.3 is 10.2 Å². The van der Waals surface area contributed by atoms with Gasteiger partial charge in [-0.3, -0.25) is 19.2 Å². The molecule has 0 aromatic heterocycles. The minimum absolute atomic E-state index is 0.0255. The second-order valence-electron chi connectivity index (χ2n) is 11.5. The number of benzene rings is 3. The number of imide groups is 1. The van der Waals surface area contributed by atoms with E-state index in [9.17, 15) is 46.2 Å². The third-order valence-electron chi connectivity index (χ3n) is 8.51. The Morgan fingerprint density at radius 2 is 0.980 bits per heavy atom. The van der Waals surface area contributed by atoms with Gasteiger partial charge in [0.05, 0.1) is 15.5 Å². The van der Waals surface area contributed by atoms with Gasteiger partial charge in [-0.15, -0.1) is 0 Å². The van der Waals surface area contributed by atoms with Gasteiger partial charge in [-0.05, 0) is 99.2 Å². The first-order chi connectivity index (χ1) is 23.2. The number of piperazine rings is 1. The lowest BCUT2D eigenvalue weighted by atomic mass is 9.92. The van der Waals surface area contributed by atoms with E-state index < -0.39 is 68.0 Å². The largest absolute Gasteiger partial charge is 0.480 e. The fourth-order valence-corrected chi connectivity index (χ4v) is 10.1. The zero-order chi connectivity index (χ0) is 35.7. The Bertz CT molecular complexity index is 1920. The first-order valence-electron chi connectivity index (χ1n) is 15.1. The van der Waals surface area contributed by atoms with Crippen LogP contribution in [0.5, 0.6) is 0 Å². The second-order valence-corrected chi connectivity index (χ2v) is 16.1. The molecule has 6 rings (SSSR count). The first-order valence-corrected chi connectivity index (χ1v) is 18.8. The summed E-state index contributed by atoms with van der Waals surface area (Å²) in [5.74, 6) is -3.72. The number of nitrogens with zero attached hydrogens (tertiary/aromatic N) is 3. The summed E-state index contributed by atoms with van der Waals surface area (Å²) in [5.41, 5.74) is 0.466. The van der Waals surface area contributed by atoms with Gasteiger partial charge in [0.25, 0.3) is 11.8 Å². The monoisotopic (exact) mass is 751 g/mol. The molecule has 3 aliphatic heterocycles. The molecular weight excluding hydrogens is 721 g/mol. The van der Waals surface area contributed by atoms with Crippen molar-refractivity contribution in [1.82, 2.24) is 8.61 Å².